The second-order valence-corrected chi connectivity index (χ2v) is 5.33. The topological polar surface area (TPSA) is 85.3 Å². The first-order valence-corrected chi connectivity index (χ1v) is 7.04. The molecule has 0 N–H and O–H groups in total. The molecule has 1 aliphatic rings. The van der Waals surface area contributed by atoms with E-state index >= 15 is 0 Å². The van der Waals surface area contributed by atoms with E-state index in [-0.39, 0.29) is 5.92 Å². The molecule has 2 aromatic rings. The van der Waals surface area contributed by atoms with Crippen LogP contribution < -0.4 is 4.90 Å². The number of para-hydroxylation sites is 1. The van der Waals surface area contributed by atoms with E-state index in [4.69, 9.17) is 4.52 Å². The highest BCUT2D eigenvalue weighted by atomic mass is 19.1. The lowest BCUT2D eigenvalue weighted by molar-refractivity contribution is -0.386. The van der Waals surface area contributed by atoms with Crippen molar-refractivity contribution < 1.29 is 13.8 Å². The number of nitrogens with zero attached hydrogens (tertiary/aromatic N) is 4. The van der Waals surface area contributed by atoms with Gasteiger partial charge in [-0.05, 0) is 31.9 Å². The van der Waals surface area contributed by atoms with Gasteiger partial charge in [-0.1, -0.05) is 11.2 Å². The number of piperidine rings is 1. The summed E-state index contributed by atoms with van der Waals surface area (Å²) in [6.45, 7) is 2.87. The largest absolute Gasteiger partial charge is 0.365 e. The zero-order valence-electron chi connectivity index (χ0n) is 12.0. The molecular weight excluding hydrogens is 291 g/mol. The van der Waals surface area contributed by atoms with Gasteiger partial charge in [-0.3, -0.25) is 10.1 Å². The van der Waals surface area contributed by atoms with Gasteiger partial charge in [-0.25, -0.2) is 0 Å². The van der Waals surface area contributed by atoms with Crippen LogP contribution in [0.1, 0.15) is 30.5 Å². The zero-order valence-corrected chi connectivity index (χ0v) is 12.0. The Morgan fingerprint density at radius 3 is 3.00 bits per heavy atom. The Bertz CT molecular complexity index is 703. The van der Waals surface area contributed by atoms with Crippen molar-refractivity contribution in [1.82, 2.24) is 10.1 Å². The number of aryl methyl sites for hydroxylation is 1. The van der Waals surface area contributed by atoms with Crippen molar-refractivity contribution >= 4 is 11.4 Å². The Kier molecular flexibility index (Phi) is 3.74. The van der Waals surface area contributed by atoms with Crippen molar-refractivity contribution in [3.8, 4) is 0 Å². The molecular formula is C14H15FN4O3. The van der Waals surface area contributed by atoms with Gasteiger partial charge < -0.3 is 9.42 Å². The molecule has 0 spiro atoms. The first kappa shape index (κ1) is 14.4. The van der Waals surface area contributed by atoms with E-state index in [1.165, 1.54) is 6.07 Å². The zero-order chi connectivity index (χ0) is 15.7. The maximum atomic E-state index is 13.8. The third-order valence-electron chi connectivity index (χ3n) is 3.80. The minimum atomic E-state index is -0.821. The molecule has 1 aromatic carbocycles. The maximum Gasteiger partial charge on any atom is 0.327 e. The number of hydrogen-bond donors (Lipinski definition) is 0. The Morgan fingerprint density at radius 2 is 2.32 bits per heavy atom. The SMILES string of the molecule is Cc1noc([C@@H]2CCCN(c3cccc(F)c3[N+](=O)[O-])C2)n1. The van der Waals surface area contributed by atoms with Crippen molar-refractivity contribution in [3.63, 3.8) is 0 Å². The van der Waals surface area contributed by atoms with Crippen molar-refractivity contribution in [2.75, 3.05) is 18.0 Å². The lowest BCUT2D eigenvalue weighted by Gasteiger charge is -2.32. The number of benzene rings is 1. The van der Waals surface area contributed by atoms with Crippen LogP contribution in [0.3, 0.4) is 0 Å². The highest BCUT2D eigenvalue weighted by Gasteiger charge is 2.30. The Hall–Kier alpha value is -2.51. The average molecular weight is 306 g/mol. The first-order valence-electron chi connectivity index (χ1n) is 7.04. The van der Waals surface area contributed by atoms with Crippen LogP contribution in [0.15, 0.2) is 22.7 Å². The lowest BCUT2D eigenvalue weighted by Crippen LogP contribution is -2.35. The number of nitro groups is 1. The van der Waals surface area contributed by atoms with Gasteiger partial charge in [0.15, 0.2) is 5.82 Å². The average Bonchev–Trinajstić information content (AvgIpc) is 2.93. The smallest absolute Gasteiger partial charge is 0.327 e. The Morgan fingerprint density at radius 1 is 1.50 bits per heavy atom. The van der Waals surface area contributed by atoms with Gasteiger partial charge in [0, 0.05) is 13.1 Å². The molecule has 0 radical (unpaired) electrons. The molecule has 1 fully saturated rings. The monoisotopic (exact) mass is 306 g/mol. The molecule has 7 nitrogen and oxygen atoms in total. The Balaban J connectivity index is 1.89. The molecule has 1 atom stereocenters. The molecule has 0 bridgehead atoms. The van der Waals surface area contributed by atoms with Gasteiger partial charge in [0.1, 0.15) is 5.69 Å². The number of rotatable bonds is 3. The van der Waals surface area contributed by atoms with Gasteiger partial charge in [0.05, 0.1) is 10.8 Å². The molecule has 1 aliphatic heterocycles. The maximum absolute atomic E-state index is 13.8. The summed E-state index contributed by atoms with van der Waals surface area (Å²) >= 11 is 0. The molecule has 0 saturated carbocycles. The third kappa shape index (κ3) is 2.63. The fraction of sp³-hybridized carbons (Fsp3) is 0.429. The van der Waals surface area contributed by atoms with E-state index in [0.29, 0.717) is 30.5 Å². The van der Waals surface area contributed by atoms with Crippen LogP contribution in [-0.4, -0.2) is 28.2 Å². The quantitative estimate of drug-likeness (QED) is 0.640. The third-order valence-corrected chi connectivity index (χ3v) is 3.80. The summed E-state index contributed by atoms with van der Waals surface area (Å²) in [5.74, 6) is 0.265. The second kappa shape index (κ2) is 5.70. The van der Waals surface area contributed by atoms with Crippen LogP contribution in [0, 0.1) is 22.9 Å². The predicted octanol–water partition coefficient (Wildman–Crippen LogP) is 2.81. The molecule has 0 aliphatic carbocycles. The standard InChI is InChI=1S/C14H15FN4O3/c1-9-16-14(22-17-9)10-4-3-7-18(8-10)12-6-2-5-11(15)13(12)19(20)21/h2,5-6,10H,3-4,7-8H2,1H3/t10-/m1/s1. The lowest BCUT2D eigenvalue weighted by atomic mass is 9.97. The van der Waals surface area contributed by atoms with Gasteiger partial charge in [-0.2, -0.15) is 9.37 Å². The minimum Gasteiger partial charge on any atom is -0.365 e. The summed E-state index contributed by atoms with van der Waals surface area (Å²) in [6.07, 6.45) is 1.68. The van der Waals surface area contributed by atoms with Crippen molar-refractivity contribution in [2.45, 2.75) is 25.7 Å². The van der Waals surface area contributed by atoms with Crippen LogP contribution in [0.25, 0.3) is 0 Å². The fourth-order valence-corrected chi connectivity index (χ4v) is 2.82. The summed E-state index contributed by atoms with van der Waals surface area (Å²) < 4.78 is 19.0. The van der Waals surface area contributed by atoms with Crippen LogP contribution in [-0.2, 0) is 0 Å². The Labute approximate surface area is 125 Å². The van der Waals surface area contributed by atoms with E-state index < -0.39 is 16.4 Å². The molecule has 0 unspecified atom stereocenters. The van der Waals surface area contributed by atoms with Gasteiger partial charge >= 0.3 is 5.69 Å². The molecule has 2 heterocycles. The van der Waals surface area contributed by atoms with E-state index in [1.54, 1.807) is 13.0 Å². The molecule has 22 heavy (non-hydrogen) atoms. The van der Waals surface area contributed by atoms with Crippen molar-refractivity contribution in [3.05, 3.63) is 45.8 Å². The van der Waals surface area contributed by atoms with Crippen LogP contribution >= 0.6 is 0 Å². The summed E-state index contributed by atoms with van der Waals surface area (Å²) in [4.78, 5) is 16.5. The van der Waals surface area contributed by atoms with Gasteiger partial charge in [0.25, 0.3) is 0 Å². The second-order valence-electron chi connectivity index (χ2n) is 5.33. The first-order chi connectivity index (χ1) is 10.6. The van der Waals surface area contributed by atoms with Gasteiger partial charge in [0.2, 0.25) is 11.7 Å². The number of anilines is 1. The number of hydrogen-bond acceptors (Lipinski definition) is 6. The predicted molar refractivity (Wildman–Crippen MR) is 76.3 cm³/mol. The normalized spacial score (nSPS) is 18.5. The van der Waals surface area contributed by atoms with Crippen molar-refractivity contribution in [1.29, 1.82) is 0 Å². The van der Waals surface area contributed by atoms with Crippen LogP contribution in [0.4, 0.5) is 15.8 Å². The summed E-state index contributed by atoms with van der Waals surface area (Å²) in [5, 5.41) is 14.9. The summed E-state index contributed by atoms with van der Waals surface area (Å²) in [5.41, 5.74) is -0.184. The van der Waals surface area contributed by atoms with Crippen molar-refractivity contribution in [2.24, 2.45) is 0 Å². The summed E-state index contributed by atoms with van der Waals surface area (Å²) in [6, 6.07) is 4.16. The van der Waals surface area contributed by atoms with Crippen LogP contribution in [0.5, 0.6) is 0 Å². The molecule has 0 amide bonds. The number of aromatic nitrogens is 2. The fourth-order valence-electron chi connectivity index (χ4n) is 2.82. The van der Waals surface area contributed by atoms with E-state index in [0.717, 1.165) is 18.9 Å². The van der Waals surface area contributed by atoms with E-state index in [1.807, 2.05) is 4.90 Å². The molecule has 1 saturated heterocycles. The number of nitro benzene ring substituents is 1. The molecule has 1 aromatic heterocycles. The molecule has 116 valence electrons. The van der Waals surface area contributed by atoms with E-state index in [9.17, 15) is 14.5 Å². The van der Waals surface area contributed by atoms with Crippen LogP contribution in [0.2, 0.25) is 0 Å². The molecule has 8 heteroatoms. The van der Waals surface area contributed by atoms with Gasteiger partial charge in [-0.15, -0.1) is 0 Å². The minimum absolute atomic E-state index is 0.00202. The number of halogens is 1. The molecule has 3 rings (SSSR count). The summed E-state index contributed by atoms with van der Waals surface area (Å²) in [7, 11) is 0. The highest BCUT2D eigenvalue weighted by Crippen LogP contribution is 2.35. The van der Waals surface area contributed by atoms with E-state index in [2.05, 4.69) is 10.1 Å². The highest BCUT2D eigenvalue weighted by molar-refractivity contribution is 5.64.